The Kier molecular flexibility index (Phi) is 2.40. The van der Waals surface area contributed by atoms with Crippen LogP contribution in [0.5, 0.6) is 0 Å². The Morgan fingerprint density at radius 2 is 2.19 bits per heavy atom. The van der Waals surface area contributed by atoms with Crippen LogP contribution in [0.3, 0.4) is 0 Å². The summed E-state index contributed by atoms with van der Waals surface area (Å²) in [6.45, 7) is 0. The van der Waals surface area contributed by atoms with Gasteiger partial charge in [-0.3, -0.25) is 0 Å². The molecule has 3 atom stereocenters. The molecular formula is C11H16N4O. The second-order valence-corrected chi connectivity index (χ2v) is 4.40. The lowest BCUT2D eigenvalue weighted by Crippen LogP contribution is -2.30. The molecule has 3 rings (SSSR count). The van der Waals surface area contributed by atoms with E-state index in [2.05, 4.69) is 20.6 Å². The van der Waals surface area contributed by atoms with E-state index in [1.54, 1.807) is 6.33 Å². The Bertz CT molecular complexity index is 384. The summed E-state index contributed by atoms with van der Waals surface area (Å²) in [5, 5.41) is 6.43. The van der Waals surface area contributed by atoms with Gasteiger partial charge in [0, 0.05) is 13.1 Å². The number of aromatic nitrogens is 2. The van der Waals surface area contributed by atoms with Crippen LogP contribution < -0.4 is 10.6 Å². The molecule has 5 heteroatoms. The lowest BCUT2D eigenvalue weighted by Gasteiger charge is -2.20. The van der Waals surface area contributed by atoms with E-state index in [1.807, 2.05) is 13.1 Å². The van der Waals surface area contributed by atoms with Crippen molar-refractivity contribution in [1.82, 2.24) is 9.97 Å². The number of rotatable bonds is 3. The number of ether oxygens (including phenoxy) is 1. The quantitative estimate of drug-likeness (QED) is 0.802. The van der Waals surface area contributed by atoms with Gasteiger partial charge in [-0.25, -0.2) is 9.97 Å². The number of hydrogen-bond acceptors (Lipinski definition) is 5. The Morgan fingerprint density at radius 3 is 2.88 bits per heavy atom. The van der Waals surface area contributed by atoms with Crippen LogP contribution in [-0.4, -0.2) is 35.3 Å². The average Bonchev–Trinajstić information content (AvgIpc) is 2.91. The summed E-state index contributed by atoms with van der Waals surface area (Å²) in [6, 6.07) is 2.34. The first-order chi connectivity index (χ1) is 7.85. The molecule has 2 saturated heterocycles. The smallest absolute Gasteiger partial charge is 0.131 e. The molecule has 0 spiro atoms. The molecule has 1 aromatic rings. The summed E-state index contributed by atoms with van der Waals surface area (Å²) in [5.41, 5.74) is 0. The van der Waals surface area contributed by atoms with E-state index in [9.17, 15) is 0 Å². The fourth-order valence-electron chi connectivity index (χ4n) is 2.55. The zero-order valence-corrected chi connectivity index (χ0v) is 9.31. The number of nitrogens with zero attached hydrogens (tertiary/aromatic N) is 2. The van der Waals surface area contributed by atoms with Gasteiger partial charge in [0.15, 0.2) is 0 Å². The zero-order valence-electron chi connectivity index (χ0n) is 9.31. The summed E-state index contributed by atoms with van der Waals surface area (Å²) in [6.07, 6.45) is 5.90. The van der Waals surface area contributed by atoms with Gasteiger partial charge < -0.3 is 15.4 Å². The van der Waals surface area contributed by atoms with Gasteiger partial charge in [-0.05, 0) is 19.3 Å². The Labute approximate surface area is 94.6 Å². The third kappa shape index (κ3) is 1.71. The van der Waals surface area contributed by atoms with E-state index in [-0.39, 0.29) is 0 Å². The van der Waals surface area contributed by atoms with Crippen molar-refractivity contribution in [2.45, 2.75) is 37.5 Å². The van der Waals surface area contributed by atoms with Crippen LogP contribution in [0.25, 0.3) is 0 Å². The van der Waals surface area contributed by atoms with Crippen molar-refractivity contribution in [3.8, 4) is 0 Å². The SMILES string of the molecule is CNc1cc(NC2CC3CCC2O3)ncn1. The molecule has 0 saturated carbocycles. The average molecular weight is 220 g/mol. The molecule has 2 N–H and O–H groups in total. The first-order valence-corrected chi connectivity index (χ1v) is 5.77. The molecule has 5 nitrogen and oxygen atoms in total. The van der Waals surface area contributed by atoms with Crippen molar-refractivity contribution >= 4 is 11.6 Å². The Balaban J connectivity index is 1.69. The van der Waals surface area contributed by atoms with Gasteiger partial charge in [0.1, 0.15) is 18.0 Å². The number of hydrogen-bond donors (Lipinski definition) is 2. The van der Waals surface area contributed by atoms with Crippen LogP contribution in [0.2, 0.25) is 0 Å². The van der Waals surface area contributed by atoms with Crippen LogP contribution in [-0.2, 0) is 4.74 Å². The third-order valence-electron chi connectivity index (χ3n) is 3.36. The van der Waals surface area contributed by atoms with Gasteiger partial charge in [-0.2, -0.15) is 0 Å². The van der Waals surface area contributed by atoms with Gasteiger partial charge in [0.2, 0.25) is 0 Å². The maximum Gasteiger partial charge on any atom is 0.131 e. The van der Waals surface area contributed by atoms with Crippen molar-refractivity contribution in [3.05, 3.63) is 12.4 Å². The molecule has 0 aromatic carbocycles. The maximum absolute atomic E-state index is 5.79. The molecule has 3 heterocycles. The summed E-state index contributed by atoms with van der Waals surface area (Å²) in [5.74, 6) is 1.71. The van der Waals surface area contributed by atoms with Crippen LogP contribution in [0.1, 0.15) is 19.3 Å². The fourth-order valence-corrected chi connectivity index (χ4v) is 2.55. The van der Waals surface area contributed by atoms with E-state index < -0.39 is 0 Å². The van der Waals surface area contributed by atoms with E-state index >= 15 is 0 Å². The molecule has 16 heavy (non-hydrogen) atoms. The third-order valence-corrected chi connectivity index (χ3v) is 3.36. The minimum atomic E-state index is 0.373. The van der Waals surface area contributed by atoms with E-state index in [0.29, 0.717) is 18.2 Å². The lowest BCUT2D eigenvalue weighted by atomic mass is 9.95. The normalized spacial score (nSPS) is 31.7. The summed E-state index contributed by atoms with van der Waals surface area (Å²) >= 11 is 0. The number of anilines is 2. The predicted octanol–water partition coefficient (Wildman–Crippen LogP) is 1.25. The monoisotopic (exact) mass is 220 g/mol. The van der Waals surface area contributed by atoms with Crippen LogP contribution in [0, 0.1) is 0 Å². The summed E-state index contributed by atoms with van der Waals surface area (Å²) in [4.78, 5) is 8.30. The highest BCUT2D eigenvalue weighted by Crippen LogP contribution is 2.35. The Morgan fingerprint density at radius 1 is 1.31 bits per heavy atom. The van der Waals surface area contributed by atoms with Gasteiger partial charge >= 0.3 is 0 Å². The highest BCUT2D eigenvalue weighted by atomic mass is 16.5. The molecule has 86 valence electrons. The molecule has 0 amide bonds. The van der Waals surface area contributed by atoms with Crippen molar-refractivity contribution in [2.24, 2.45) is 0 Å². The van der Waals surface area contributed by atoms with Crippen LogP contribution in [0.4, 0.5) is 11.6 Å². The molecule has 2 aliphatic rings. The minimum Gasteiger partial charge on any atom is -0.373 e. The number of nitrogens with one attached hydrogen (secondary N) is 2. The number of fused-ring (bicyclic) bond motifs is 2. The summed E-state index contributed by atoms with van der Waals surface area (Å²) in [7, 11) is 1.85. The fraction of sp³-hybridized carbons (Fsp3) is 0.636. The molecule has 2 fully saturated rings. The van der Waals surface area contributed by atoms with E-state index in [1.165, 1.54) is 12.8 Å². The van der Waals surface area contributed by atoms with Crippen molar-refractivity contribution in [2.75, 3.05) is 17.7 Å². The topological polar surface area (TPSA) is 59.1 Å². The van der Waals surface area contributed by atoms with Gasteiger partial charge in [0.05, 0.1) is 18.2 Å². The van der Waals surface area contributed by atoms with Crippen molar-refractivity contribution < 1.29 is 4.74 Å². The summed E-state index contributed by atoms with van der Waals surface area (Å²) < 4.78 is 5.79. The molecule has 2 aliphatic heterocycles. The molecular weight excluding hydrogens is 204 g/mol. The van der Waals surface area contributed by atoms with E-state index in [4.69, 9.17) is 4.74 Å². The van der Waals surface area contributed by atoms with Crippen molar-refractivity contribution in [3.63, 3.8) is 0 Å². The first-order valence-electron chi connectivity index (χ1n) is 5.77. The second kappa shape index (κ2) is 3.90. The highest BCUT2D eigenvalue weighted by Gasteiger charge is 2.40. The standard InChI is InChI=1S/C11H16N4O/c1-12-10-5-11(14-6-13-10)15-8-4-7-2-3-9(8)16-7/h5-9H,2-4H2,1H3,(H2,12,13,14,15). The molecule has 2 bridgehead atoms. The molecule has 0 aliphatic carbocycles. The largest absolute Gasteiger partial charge is 0.373 e. The molecule has 1 aromatic heterocycles. The molecule has 0 radical (unpaired) electrons. The van der Waals surface area contributed by atoms with Crippen LogP contribution in [0.15, 0.2) is 12.4 Å². The van der Waals surface area contributed by atoms with Crippen molar-refractivity contribution in [1.29, 1.82) is 0 Å². The Hall–Kier alpha value is -1.36. The van der Waals surface area contributed by atoms with Crippen LogP contribution >= 0.6 is 0 Å². The van der Waals surface area contributed by atoms with Gasteiger partial charge in [0.25, 0.3) is 0 Å². The minimum absolute atomic E-state index is 0.373. The van der Waals surface area contributed by atoms with E-state index in [0.717, 1.165) is 18.1 Å². The lowest BCUT2D eigenvalue weighted by molar-refractivity contribution is 0.102. The zero-order chi connectivity index (χ0) is 11.0. The first kappa shape index (κ1) is 9.84. The highest BCUT2D eigenvalue weighted by molar-refractivity contribution is 5.46. The second-order valence-electron chi connectivity index (χ2n) is 4.40. The predicted molar refractivity (Wildman–Crippen MR) is 61.5 cm³/mol. The molecule has 3 unspecified atom stereocenters. The van der Waals surface area contributed by atoms with Gasteiger partial charge in [-0.15, -0.1) is 0 Å². The maximum atomic E-state index is 5.79. The van der Waals surface area contributed by atoms with Gasteiger partial charge in [-0.1, -0.05) is 0 Å².